The molecule has 38 heteroatoms. The Kier molecular flexibility index (Phi) is 26.9. The van der Waals surface area contributed by atoms with E-state index >= 15 is 0 Å². The monoisotopic (exact) mass is 1680 g/mol. The lowest BCUT2D eigenvalue weighted by molar-refractivity contribution is -0.146. The summed E-state index contributed by atoms with van der Waals surface area (Å²) >= 11 is 6.25. The topological polar surface area (TPSA) is 464 Å². The number of carbonyl (C=O) groups excluding carboxylic acids is 7. The standard InChI is InChI=1S/C39H53N7O10S.C22H37N3O7.C13H10ClN3O.C4H9NO3S/c1-10-23-21-39(23,34(49)44-57(51,52)56-38(8)14-15-38)43-32(47)28-19-25(22-45(28)33(48)31(36(2,3)4)42-35(50)55-37(5,6)7)54-29-20-30(46-17-11-16-40-46)41-27-18-24(53-9)12-13-26(27)29;1-8-12-10-22(12,18(29)30)24-16(27)14-9-13(26)11-25(14)17(28)15(20(2,3)4)23-19(31)32-21(5,6)7;1-18-9-3-4-10-11(14)8-13(16-12(10)7-9)17-6-2-5-15-17;1-4(2-3-4)8-9(5,6)7/h11-13,16-18,20,23,25,28,31H,10,14-15,19,21-22H2,1-9H3,(H,42,50)(H,43,47)(H,44,49);12-15,26H,8-11H2,1-7H3,(H,23,31)(H,24,27)(H,29,30);2-8H,1H3;2-3H2,1H3,(H2,5,6,7)/t23-,25-,28+,31-,39-;12-,13-,14+,15-,22-;;/m11../s1. The highest BCUT2D eigenvalue weighted by molar-refractivity contribution is 7.85. The number of nitrogens with two attached hydrogens (primary N) is 1. The van der Waals surface area contributed by atoms with Gasteiger partial charge < -0.3 is 65.0 Å². The van der Waals surface area contributed by atoms with Crippen molar-refractivity contribution in [2.24, 2.45) is 27.8 Å². The number of carbonyl (C=O) groups is 8. The molecule has 2 aromatic carbocycles. The van der Waals surface area contributed by atoms with Gasteiger partial charge in [0.1, 0.15) is 69.8 Å². The average molecular weight is 1680 g/mol. The third-order valence-electron chi connectivity index (χ3n) is 20.4. The van der Waals surface area contributed by atoms with E-state index in [0.29, 0.717) is 71.2 Å². The molecule has 4 saturated carbocycles. The number of hydrogen-bond donors (Lipinski definition) is 8. The minimum Gasteiger partial charge on any atom is -0.497 e. The molecule has 636 valence electrons. The number of aromatic nitrogens is 6. The van der Waals surface area contributed by atoms with Gasteiger partial charge in [-0.05, 0) is 153 Å². The van der Waals surface area contributed by atoms with Crippen LogP contribution < -0.4 is 45.3 Å². The average Bonchev–Trinajstić information content (AvgIpc) is 1.57. The quantitative estimate of drug-likeness (QED) is 0.0301. The molecule has 6 fully saturated rings. The Balaban J connectivity index is 0.000000215. The molecule has 10 atom stereocenters. The first kappa shape index (κ1) is 90.4. The third kappa shape index (κ3) is 23.2. The predicted octanol–water partition coefficient (Wildman–Crippen LogP) is 8.03. The summed E-state index contributed by atoms with van der Waals surface area (Å²) in [6, 6.07) is 13.7. The van der Waals surface area contributed by atoms with Crippen molar-refractivity contribution in [3.63, 3.8) is 0 Å². The molecule has 0 radical (unpaired) electrons. The Morgan fingerprint density at radius 1 is 0.621 bits per heavy atom. The molecule has 0 bridgehead atoms. The van der Waals surface area contributed by atoms with E-state index in [0.717, 1.165) is 29.5 Å². The molecule has 116 heavy (non-hydrogen) atoms. The van der Waals surface area contributed by atoms with Gasteiger partial charge in [-0.1, -0.05) is 79.8 Å². The lowest BCUT2D eigenvalue weighted by Gasteiger charge is -2.36. The molecule has 12 rings (SSSR count). The number of aliphatic hydroxyl groups is 1. The maximum atomic E-state index is 14.7. The van der Waals surface area contributed by atoms with Gasteiger partial charge in [-0.25, -0.2) is 47.8 Å². The number of amides is 7. The first-order valence-corrected chi connectivity index (χ1v) is 41.5. The number of carboxylic acids is 1. The summed E-state index contributed by atoms with van der Waals surface area (Å²) in [6.07, 6.45) is 7.80. The SMILES string of the molecule is CC1(OS(N)(=O)=O)CC1.CC[C@@H]1C[C@]1(NC(=O)[C@@H]1C[C@@H](O)CN1C(=O)[C@@H](NC(=O)OC(C)(C)C)C(C)(C)C)C(=O)O.CC[C@@H]1C[C@]1(NC(=O)[C@@H]1C[C@@H](Oc2cc(-n3cccn3)nc3cc(OC)ccc23)CN1C(=O)[C@@H](NC(=O)OC(C)(C)C)C(C)(C)C)C(=O)NS(=O)(=O)OC1(C)CC1.COc1ccc2c(Cl)cc(-n3cccn3)nc2c1. The molecule has 6 aliphatic rings. The normalized spacial score (nSPS) is 22.9. The smallest absolute Gasteiger partial charge is 0.408 e. The molecule has 9 N–H and O–H groups in total. The van der Waals surface area contributed by atoms with E-state index in [-0.39, 0.29) is 44.2 Å². The van der Waals surface area contributed by atoms with Crippen LogP contribution in [0.1, 0.15) is 175 Å². The number of hydrogen-bond acceptors (Lipinski definition) is 24. The van der Waals surface area contributed by atoms with Crippen LogP contribution in [0, 0.1) is 22.7 Å². The van der Waals surface area contributed by atoms with Crippen LogP contribution in [0.15, 0.2) is 85.5 Å². The maximum absolute atomic E-state index is 14.7. The number of aliphatic carboxylic acids is 1. The summed E-state index contributed by atoms with van der Waals surface area (Å²) < 4.78 is 89.2. The number of nitrogens with zero attached hydrogens (tertiary/aromatic N) is 8. The zero-order chi connectivity index (χ0) is 86.0. The zero-order valence-electron chi connectivity index (χ0n) is 68.7. The number of rotatable bonds is 23. The number of aliphatic hydroxyl groups excluding tert-OH is 1. The minimum atomic E-state index is -4.47. The van der Waals surface area contributed by atoms with Crippen LogP contribution in [-0.4, -0.2) is 211 Å². The third-order valence-corrected chi connectivity index (χ3v) is 22.4. The highest BCUT2D eigenvalue weighted by atomic mass is 35.5. The van der Waals surface area contributed by atoms with Gasteiger partial charge in [0.05, 0.1) is 54.1 Å². The van der Waals surface area contributed by atoms with Crippen molar-refractivity contribution in [2.75, 3.05) is 27.3 Å². The highest BCUT2D eigenvalue weighted by Gasteiger charge is 2.64. The Morgan fingerprint density at radius 3 is 1.47 bits per heavy atom. The molecule has 7 amide bonds. The second kappa shape index (κ2) is 34.6. The molecule has 4 aliphatic carbocycles. The van der Waals surface area contributed by atoms with E-state index < -0.39 is 149 Å². The van der Waals surface area contributed by atoms with Gasteiger partial charge >= 0.3 is 38.8 Å². The van der Waals surface area contributed by atoms with E-state index in [1.807, 2.05) is 49.0 Å². The van der Waals surface area contributed by atoms with Crippen LogP contribution in [0.5, 0.6) is 17.2 Å². The molecular formula is C78H109ClN14O21S2. The largest absolute Gasteiger partial charge is 0.497 e. The minimum absolute atomic E-state index is 0.00658. The summed E-state index contributed by atoms with van der Waals surface area (Å²) in [5.41, 5.74) is -6.07. The number of fused-ring (bicyclic) bond motifs is 2. The lowest BCUT2D eigenvalue weighted by Crippen LogP contribution is -2.60. The second-order valence-corrected chi connectivity index (χ2v) is 37.5. The number of benzene rings is 2. The summed E-state index contributed by atoms with van der Waals surface area (Å²) in [6.45, 7) is 27.8. The summed E-state index contributed by atoms with van der Waals surface area (Å²) in [5.74, 6) is -2.10. The fourth-order valence-corrected chi connectivity index (χ4v) is 15.7. The molecule has 2 aliphatic heterocycles. The van der Waals surface area contributed by atoms with E-state index in [2.05, 4.69) is 45.8 Å². The number of methoxy groups -OCH3 is 2. The van der Waals surface area contributed by atoms with E-state index in [1.54, 1.807) is 176 Å². The highest BCUT2D eigenvalue weighted by Crippen LogP contribution is 2.49. The van der Waals surface area contributed by atoms with Gasteiger partial charge in [-0.2, -0.15) is 27.0 Å². The molecule has 0 spiro atoms. The van der Waals surface area contributed by atoms with Gasteiger partial charge in [0.15, 0.2) is 11.6 Å². The van der Waals surface area contributed by atoms with Crippen LogP contribution >= 0.6 is 11.6 Å². The van der Waals surface area contributed by atoms with Gasteiger partial charge in [-0.15, -0.1) is 0 Å². The molecule has 6 heterocycles. The number of β-amino-alcohol motifs (C(OH)–C–C–N with tert-alkyl or cyclic N) is 1. The van der Waals surface area contributed by atoms with Gasteiger partial charge in [0, 0.05) is 79.2 Å². The van der Waals surface area contributed by atoms with Gasteiger partial charge in [0.2, 0.25) is 23.6 Å². The van der Waals surface area contributed by atoms with Crippen molar-refractivity contribution < 1.29 is 97.5 Å². The summed E-state index contributed by atoms with van der Waals surface area (Å²) in [7, 11) is -5.02. The predicted molar refractivity (Wildman–Crippen MR) is 426 cm³/mol. The van der Waals surface area contributed by atoms with Crippen LogP contribution in [0.25, 0.3) is 33.4 Å². The Morgan fingerprint density at radius 2 is 1.06 bits per heavy atom. The van der Waals surface area contributed by atoms with Crippen LogP contribution in [-0.2, 0) is 67.2 Å². The van der Waals surface area contributed by atoms with Crippen molar-refractivity contribution in [3.8, 4) is 28.9 Å². The Bertz CT molecular complexity index is 4870. The molecule has 6 aromatic rings. The van der Waals surface area contributed by atoms with E-state index in [1.165, 1.54) is 9.80 Å². The van der Waals surface area contributed by atoms with Crippen molar-refractivity contribution >= 4 is 102 Å². The number of alkyl carbamates (subject to hydrolysis) is 2. The summed E-state index contributed by atoms with van der Waals surface area (Å²) in [5, 5.41) is 45.8. The van der Waals surface area contributed by atoms with Gasteiger partial charge in [-0.3, -0.25) is 28.2 Å². The van der Waals surface area contributed by atoms with Crippen LogP contribution in [0.4, 0.5) is 9.59 Å². The van der Waals surface area contributed by atoms with Crippen molar-refractivity contribution in [1.82, 2.24) is 65.3 Å². The van der Waals surface area contributed by atoms with Crippen LogP contribution in [0.3, 0.4) is 0 Å². The number of ether oxygens (including phenoxy) is 5. The van der Waals surface area contributed by atoms with Crippen molar-refractivity contribution in [3.05, 3.63) is 90.5 Å². The Hall–Kier alpha value is -9.53. The van der Waals surface area contributed by atoms with E-state index in [4.69, 9.17) is 44.5 Å². The molecule has 35 nitrogen and oxygen atoms in total. The maximum Gasteiger partial charge on any atom is 0.408 e. The number of carboxylic acid groups (broad SMARTS) is 1. The number of halogens is 1. The second-order valence-electron chi connectivity index (χ2n) is 34.7. The molecule has 4 aromatic heterocycles. The molecule has 2 saturated heterocycles. The van der Waals surface area contributed by atoms with E-state index in [9.17, 15) is 65.4 Å². The lowest BCUT2D eigenvalue weighted by atomic mass is 9.85. The fraction of sp³-hybridized carbons (Fsp3) is 0.590. The fourth-order valence-electron chi connectivity index (χ4n) is 13.5. The zero-order valence-corrected chi connectivity index (χ0v) is 71.1. The van der Waals surface area contributed by atoms with Crippen LogP contribution in [0.2, 0.25) is 5.02 Å². The van der Waals surface area contributed by atoms with Gasteiger partial charge in [0.25, 0.3) is 5.91 Å². The van der Waals surface area contributed by atoms with Crippen molar-refractivity contribution in [2.45, 2.75) is 245 Å². The summed E-state index contributed by atoms with van der Waals surface area (Å²) in [4.78, 5) is 118. The molecular weight excluding hydrogens is 1570 g/mol. The first-order valence-electron chi connectivity index (χ1n) is 38.2. The number of nitrogens with one attached hydrogen (secondary N) is 5. The van der Waals surface area contributed by atoms with Crippen molar-refractivity contribution in [1.29, 1.82) is 0 Å². The molecule has 0 unspecified atom stereocenters. The Labute approximate surface area is 680 Å². The number of pyridine rings is 2. The number of likely N-dealkylation sites (tertiary alicyclic amines) is 2. The first-order chi connectivity index (χ1) is 53.8.